The lowest BCUT2D eigenvalue weighted by molar-refractivity contribution is 0.0958. The maximum atomic E-state index is 12.1. The maximum absolute atomic E-state index is 12.1. The minimum Gasteiger partial charge on any atom is -0.497 e. The fourth-order valence-electron chi connectivity index (χ4n) is 2.47. The summed E-state index contributed by atoms with van der Waals surface area (Å²) < 4.78 is 7.19. The number of halogens is 1. The molecule has 146 valence electrons. The highest BCUT2D eigenvalue weighted by Gasteiger charge is 2.15. The van der Waals surface area contributed by atoms with Crippen LogP contribution >= 0.6 is 34.7 Å². The Labute approximate surface area is 176 Å². The van der Waals surface area contributed by atoms with E-state index in [9.17, 15) is 4.79 Å². The summed E-state index contributed by atoms with van der Waals surface area (Å²) in [7, 11) is 1.63. The van der Waals surface area contributed by atoms with E-state index in [2.05, 4.69) is 22.1 Å². The van der Waals surface area contributed by atoms with Gasteiger partial charge in [-0.15, -0.1) is 21.5 Å². The van der Waals surface area contributed by atoms with Crippen LogP contribution in [0.3, 0.4) is 0 Å². The highest BCUT2D eigenvalue weighted by Crippen LogP contribution is 2.25. The number of ether oxygens (including phenoxy) is 1. The lowest BCUT2D eigenvalue weighted by atomic mass is 10.3. The lowest BCUT2D eigenvalue weighted by Crippen LogP contribution is -2.25. The zero-order valence-electron chi connectivity index (χ0n) is 15.2. The molecule has 0 atom stereocenters. The molecule has 6 nitrogen and oxygen atoms in total. The van der Waals surface area contributed by atoms with Crippen molar-refractivity contribution >= 4 is 40.6 Å². The zero-order valence-corrected chi connectivity index (χ0v) is 17.6. The third-order valence-electron chi connectivity index (χ3n) is 3.77. The number of amides is 1. The molecule has 0 saturated carbocycles. The molecule has 0 aliphatic rings. The number of thiophene rings is 1. The van der Waals surface area contributed by atoms with Crippen LogP contribution in [0.2, 0.25) is 0 Å². The van der Waals surface area contributed by atoms with Crippen molar-refractivity contribution < 1.29 is 9.53 Å². The van der Waals surface area contributed by atoms with Gasteiger partial charge in [0.1, 0.15) is 11.6 Å². The number of thioether (sulfide) groups is 1. The van der Waals surface area contributed by atoms with Gasteiger partial charge in [-0.2, -0.15) is 0 Å². The predicted molar refractivity (Wildman–Crippen MR) is 114 cm³/mol. The third-order valence-corrected chi connectivity index (χ3v) is 5.94. The number of aromatic nitrogens is 3. The molecule has 0 saturated heterocycles. The van der Waals surface area contributed by atoms with Crippen molar-refractivity contribution in [3.8, 4) is 11.4 Å². The number of hydrogen-bond donors (Lipinski definition) is 1. The average Bonchev–Trinajstić information content (AvgIpc) is 3.36. The summed E-state index contributed by atoms with van der Waals surface area (Å²) in [5.41, 5.74) is 0.910. The molecule has 1 aromatic carbocycles. The molecular weight excluding hydrogens is 416 g/mol. The Morgan fingerprint density at radius 1 is 1.32 bits per heavy atom. The van der Waals surface area contributed by atoms with Gasteiger partial charge in [0.2, 0.25) is 0 Å². The van der Waals surface area contributed by atoms with E-state index in [1.807, 2.05) is 40.3 Å². The summed E-state index contributed by atoms with van der Waals surface area (Å²) in [5, 5.41) is 14.7. The lowest BCUT2D eigenvalue weighted by Gasteiger charge is -2.11. The van der Waals surface area contributed by atoms with Gasteiger partial charge < -0.3 is 10.1 Å². The van der Waals surface area contributed by atoms with E-state index in [0.717, 1.165) is 17.3 Å². The molecule has 0 aliphatic heterocycles. The first-order chi connectivity index (χ1) is 13.6. The van der Waals surface area contributed by atoms with Crippen LogP contribution in [0.15, 0.2) is 58.5 Å². The van der Waals surface area contributed by atoms with Crippen LogP contribution in [-0.2, 0) is 6.42 Å². The van der Waals surface area contributed by atoms with Crippen molar-refractivity contribution in [1.29, 1.82) is 0 Å². The predicted octanol–water partition coefficient (Wildman–Crippen LogP) is 4.15. The summed E-state index contributed by atoms with van der Waals surface area (Å²) in [6.45, 7) is 4.18. The second-order valence-electron chi connectivity index (χ2n) is 5.72. The number of carbonyl (C=O) groups is 1. The van der Waals surface area contributed by atoms with Gasteiger partial charge in [-0.25, -0.2) is 0 Å². The van der Waals surface area contributed by atoms with Crippen LogP contribution in [-0.4, -0.2) is 40.1 Å². The van der Waals surface area contributed by atoms with Gasteiger partial charge >= 0.3 is 0 Å². The fraction of sp³-hybridized carbons (Fsp3) is 0.211. The number of methoxy groups -OCH3 is 1. The van der Waals surface area contributed by atoms with Crippen LogP contribution in [0.5, 0.6) is 5.75 Å². The molecule has 3 aromatic rings. The Morgan fingerprint density at radius 3 is 2.75 bits per heavy atom. The molecule has 2 aromatic heterocycles. The van der Waals surface area contributed by atoms with Gasteiger partial charge in [0, 0.05) is 29.4 Å². The van der Waals surface area contributed by atoms with E-state index in [1.165, 1.54) is 23.1 Å². The van der Waals surface area contributed by atoms with E-state index in [-0.39, 0.29) is 5.91 Å². The largest absolute Gasteiger partial charge is 0.497 e. The van der Waals surface area contributed by atoms with Gasteiger partial charge in [0.25, 0.3) is 5.91 Å². The summed E-state index contributed by atoms with van der Waals surface area (Å²) in [4.78, 5) is 12.8. The smallest absolute Gasteiger partial charge is 0.261 e. The van der Waals surface area contributed by atoms with E-state index >= 15 is 0 Å². The van der Waals surface area contributed by atoms with Gasteiger partial charge in [0.15, 0.2) is 5.16 Å². The molecule has 0 spiro atoms. The third kappa shape index (κ3) is 5.15. The molecule has 1 N–H and O–H groups in total. The molecule has 9 heteroatoms. The molecule has 2 heterocycles. The minimum absolute atomic E-state index is 0.0847. The molecular formula is C19H19ClN4O2S2. The first-order valence-corrected chi connectivity index (χ1v) is 10.7. The second kappa shape index (κ2) is 9.77. The molecule has 0 aliphatic carbocycles. The fourth-order valence-corrected chi connectivity index (χ4v) is 4.00. The number of nitrogens with zero attached hydrogens (tertiary/aromatic N) is 3. The quantitative estimate of drug-likeness (QED) is 0.512. The van der Waals surface area contributed by atoms with Crippen LogP contribution in [0.4, 0.5) is 0 Å². The van der Waals surface area contributed by atoms with Crippen molar-refractivity contribution in [3.05, 3.63) is 64.1 Å². The minimum atomic E-state index is -0.0847. The van der Waals surface area contributed by atoms with E-state index in [0.29, 0.717) is 33.8 Å². The first kappa shape index (κ1) is 20.4. The first-order valence-electron chi connectivity index (χ1n) is 8.45. The Balaban J connectivity index is 1.77. The average molecular weight is 435 g/mol. The summed E-state index contributed by atoms with van der Waals surface area (Å²) >= 11 is 8.78. The molecule has 0 fully saturated rings. The maximum Gasteiger partial charge on any atom is 0.261 e. The number of hydrogen-bond acceptors (Lipinski definition) is 6. The molecule has 3 rings (SSSR count). The zero-order chi connectivity index (χ0) is 19.9. The molecule has 0 unspecified atom stereocenters. The number of carbonyl (C=O) groups excluding carboxylic acids is 1. The Morgan fingerprint density at radius 2 is 2.11 bits per heavy atom. The van der Waals surface area contributed by atoms with Crippen LogP contribution < -0.4 is 10.1 Å². The van der Waals surface area contributed by atoms with E-state index < -0.39 is 0 Å². The van der Waals surface area contributed by atoms with E-state index in [4.69, 9.17) is 16.3 Å². The standard InChI is InChI=1S/C19H19ClN4O2S2/c1-13(20)12-28-19-23-22-17(9-10-21-18(25)16-4-3-11-27-16)24(19)14-5-7-15(26-2)8-6-14/h3-8,11H,1,9-10,12H2,2H3,(H,21,25). The number of nitrogens with one attached hydrogen (secondary N) is 1. The van der Waals surface area contributed by atoms with Crippen molar-refractivity contribution in [2.45, 2.75) is 11.6 Å². The van der Waals surface area contributed by atoms with E-state index in [1.54, 1.807) is 13.2 Å². The topological polar surface area (TPSA) is 69.0 Å². The number of benzene rings is 1. The van der Waals surface area contributed by atoms with Crippen molar-refractivity contribution in [3.63, 3.8) is 0 Å². The summed E-state index contributed by atoms with van der Waals surface area (Å²) in [6.07, 6.45) is 0.540. The Bertz CT molecular complexity index is 940. The number of rotatable bonds is 9. The van der Waals surface area contributed by atoms with Crippen molar-refractivity contribution in [2.24, 2.45) is 0 Å². The van der Waals surface area contributed by atoms with Crippen LogP contribution in [0.1, 0.15) is 15.5 Å². The van der Waals surface area contributed by atoms with Gasteiger partial charge in [-0.1, -0.05) is 36.0 Å². The van der Waals surface area contributed by atoms with Crippen LogP contribution in [0.25, 0.3) is 5.69 Å². The van der Waals surface area contributed by atoms with Crippen molar-refractivity contribution in [1.82, 2.24) is 20.1 Å². The normalized spacial score (nSPS) is 10.6. The highest BCUT2D eigenvalue weighted by molar-refractivity contribution is 7.99. The molecule has 0 bridgehead atoms. The molecule has 28 heavy (non-hydrogen) atoms. The molecule has 1 amide bonds. The van der Waals surface area contributed by atoms with Gasteiger partial charge in [0.05, 0.1) is 12.0 Å². The second-order valence-corrected chi connectivity index (χ2v) is 8.15. The summed E-state index contributed by atoms with van der Waals surface area (Å²) in [6, 6.07) is 11.3. The summed E-state index contributed by atoms with van der Waals surface area (Å²) in [5.74, 6) is 1.97. The molecule has 0 radical (unpaired) electrons. The SMILES string of the molecule is C=C(Cl)CSc1nnc(CCNC(=O)c2cccs2)n1-c1ccc(OC)cc1. The Kier molecular flexibility index (Phi) is 7.13. The van der Waals surface area contributed by atoms with Gasteiger partial charge in [-0.3, -0.25) is 9.36 Å². The van der Waals surface area contributed by atoms with Gasteiger partial charge in [-0.05, 0) is 35.7 Å². The van der Waals surface area contributed by atoms with Crippen LogP contribution in [0, 0.1) is 0 Å². The Hall–Kier alpha value is -2.29. The monoisotopic (exact) mass is 434 g/mol. The van der Waals surface area contributed by atoms with Crippen molar-refractivity contribution in [2.75, 3.05) is 19.4 Å². The highest BCUT2D eigenvalue weighted by atomic mass is 35.5.